The smallest absolute Gasteiger partial charge is 0.319 e. The van der Waals surface area contributed by atoms with Gasteiger partial charge in [-0.05, 0) is 6.92 Å². The average molecular weight is 266 g/mol. The Balaban J connectivity index is 2.56. The molecule has 0 atom stereocenters. The van der Waals surface area contributed by atoms with Crippen LogP contribution >= 0.6 is 0 Å². The topological polar surface area (TPSA) is 34.1 Å². The van der Waals surface area contributed by atoms with E-state index in [-0.39, 0.29) is 6.54 Å². The monoisotopic (exact) mass is 266 g/mol. The highest BCUT2D eigenvalue weighted by Gasteiger charge is 2.39. The summed E-state index contributed by atoms with van der Waals surface area (Å²) in [6.45, 7) is 0.600. The number of halogens is 4. The number of pyridine rings is 1. The maximum atomic E-state index is 12.6. The summed E-state index contributed by atoms with van der Waals surface area (Å²) in [5.41, 5.74) is 1.11. The lowest BCUT2D eigenvalue weighted by molar-refractivity contribution is -0.125. The van der Waals surface area contributed by atoms with E-state index in [1.54, 1.807) is 19.1 Å². The Morgan fingerprint density at radius 1 is 1.39 bits per heavy atom. The second kappa shape index (κ2) is 5.99. The predicted octanol–water partition coefficient (Wildman–Crippen LogP) is 2.39. The van der Waals surface area contributed by atoms with Crippen molar-refractivity contribution in [2.45, 2.75) is 25.8 Å². The molecule has 102 valence electrons. The fourth-order valence-corrected chi connectivity index (χ4v) is 1.35. The van der Waals surface area contributed by atoms with Crippen LogP contribution in [0.15, 0.2) is 12.1 Å². The minimum Gasteiger partial charge on any atom is -0.497 e. The maximum absolute atomic E-state index is 12.6. The summed E-state index contributed by atoms with van der Waals surface area (Å²) in [6.07, 6.45) is -3.68. The molecule has 1 aromatic heterocycles. The molecule has 0 aliphatic heterocycles. The standard InChI is InChI=1S/C11H14F4N2O/c1-7-3-9(18-2)4-8(17-7)5-16-6-11(14,15)10(12)13/h3-4,10,16H,5-6H2,1-2H3. The first-order chi connectivity index (χ1) is 8.35. The Hall–Kier alpha value is -1.37. The zero-order valence-electron chi connectivity index (χ0n) is 10.0. The van der Waals surface area contributed by atoms with E-state index in [1.165, 1.54) is 7.11 Å². The SMILES string of the molecule is COc1cc(C)nc(CNCC(F)(F)C(F)F)c1. The lowest BCUT2D eigenvalue weighted by atomic mass is 10.2. The summed E-state index contributed by atoms with van der Waals surface area (Å²) in [5, 5.41) is 2.25. The van der Waals surface area contributed by atoms with E-state index < -0.39 is 18.9 Å². The summed E-state index contributed by atoms with van der Waals surface area (Å²) in [7, 11) is 1.47. The van der Waals surface area contributed by atoms with Crippen molar-refractivity contribution in [3.05, 3.63) is 23.5 Å². The van der Waals surface area contributed by atoms with Crippen LogP contribution in [0.5, 0.6) is 5.75 Å². The van der Waals surface area contributed by atoms with Gasteiger partial charge in [0.2, 0.25) is 0 Å². The Bertz CT molecular complexity index is 399. The number of nitrogens with zero attached hydrogens (tertiary/aromatic N) is 1. The molecule has 1 heterocycles. The Morgan fingerprint density at radius 3 is 2.61 bits per heavy atom. The molecule has 0 saturated heterocycles. The van der Waals surface area contributed by atoms with Crippen LogP contribution in [0.25, 0.3) is 0 Å². The normalized spacial score (nSPS) is 11.9. The van der Waals surface area contributed by atoms with Gasteiger partial charge in [-0.25, -0.2) is 8.78 Å². The molecule has 0 aliphatic rings. The largest absolute Gasteiger partial charge is 0.497 e. The number of hydrogen-bond acceptors (Lipinski definition) is 3. The van der Waals surface area contributed by atoms with E-state index >= 15 is 0 Å². The number of nitrogens with one attached hydrogen (secondary N) is 1. The van der Waals surface area contributed by atoms with Crippen molar-refractivity contribution in [3.8, 4) is 5.75 Å². The van der Waals surface area contributed by atoms with Crippen molar-refractivity contribution in [1.29, 1.82) is 0 Å². The molecule has 0 bridgehead atoms. The van der Waals surface area contributed by atoms with Crippen molar-refractivity contribution in [1.82, 2.24) is 10.3 Å². The highest BCUT2D eigenvalue weighted by molar-refractivity contribution is 5.26. The highest BCUT2D eigenvalue weighted by atomic mass is 19.3. The molecule has 0 radical (unpaired) electrons. The Morgan fingerprint density at radius 2 is 2.06 bits per heavy atom. The van der Waals surface area contributed by atoms with Gasteiger partial charge in [0, 0.05) is 24.4 Å². The first kappa shape index (κ1) is 14.7. The van der Waals surface area contributed by atoms with E-state index in [0.717, 1.165) is 0 Å². The molecule has 1 N–H and O–H groups in total. The zero-order valence-corrected chi connectivity index (χ0v) is 10.0. The molecule has 1 rings (SSSR count). The van der Waals surface area contributed by atoms with Crippen LogP contribution in [0.4, 0.5) is 17.6 Å². The van der Waals surface area contributed by atoms with Crippen LogP contribution in [0.1, 0.15) is 11.4 Å². The zero-order chi connectivity index (χ0) is 13.8. The quantitative estimate of drug-likeness (QED) is 0.803. The first-order valence-corrected chi connectivity index (χ1v) is 5.23. The molecule has 0 saturated carbocycles. The maximum Gasteiger partial charge on any atom is 0.319 e. The van der Waals surface area contributed by atoms with E-state index in [2.05, 4.69) is 10.3 Å². The molecule has 1 aromatic rings. The summed E-state index contributed by atoms with van der Waals surface area (Å²) in [5.74, 6) is -3.49. The van der Waals surface area contributed by atoms with Crippen molar-refractivity contribution < 1.29 is 22.3 Å². The molecular weight excluding hydrogens is 252 g/mol. The lowest BCUT2D eigenvalue weighted by Gasteiger charge is -2.15. The van der Waals surface area contributed by atoms with Crippen LogP contribution in [0.2, 0.25) is 0 Å². The number of aromatic nitrogens is 1. The molecule has 0 amide bonds. The van der Waals surface area contributed by atoms with Gasteiger partial charge >= 0.3 is 12.3 Å². The van der Waals surface area contributed by atoms with Crippen LogP contribution in [-0.4, -0.2) is 31.0 Å². The highest BCUT2D eigenvalue weighted by Crippen LogP contribution is 2.21. The van der Waals surface area contributed by atoms with Crippen molar-refractivity contribution >= 4 is 0 Å². The molecule has 0 unspecified atom stereocenters. The second-order valence-electron chi connectivity index (χ2n) is 3.80. The van der Waals surface area contributed by atoms with Gasteiger partial charge in [0.1, 0.15) is 5.75 Å². The van der Waals surface area contributed by atoms with E-state index in [0.29, 0.717) is 17.1 Å². The fourth-order valence-electron chi connectivity index (χ4n) is 1.35. The number of hydrogen-bond donors (Lipinski definition) is 1. The van der Waals surface area contributed by atoms with Gasteiger partial charge in [-0.2, -0.15) is 8.78 Å². The van der Waals surface area contributed by atoms with Crippen molar-refractivity contribution in [3.63, 3.8) is 0 Å². The van der Waals surface area contributed by atoms with E-state index in [1.807, 2.05) is 0 Å². The van der Waals surface area contributed by atoms with Gasteiger partial charge in [-0.3, -0.25) is 4.98 Å². The molecule has 0 fully saturated rings. The lowest BCUT2D eigenvalue weighted by Crippen LogP contribution is -2.38. The molecule has 0 aliphatic carbocycles. The number of aryl methyl sites for hydroxylation is 1. The fraction of sp³-hybridized carbons (Fsp3) is 0.545. The summed E-state index contributed by atoms with van der Waals surface area (Å²) >= 11 is 0. The molecule has 7 heteroatoms. The van der Waals surface area contributed by atoms with Crippen molar-refractivity contribution in [2.75, 3.05) is 13.7 Å². The van der Waals surface area contributed by atoms with Gasteiger partial charge in [0.25, 0.3) is 0 Å². The third-order valence-electron chi connectivity index (χ3n) is 2.20. The average Bonchev–Trinajstić information content (AvgIpc) is 2.27. The van der Waals surface area contributed by atoms with Crippen molar-refractivity contribution in [2.24, 2.45) is 0 Å². The third kappa shape index (κ3) is 4.14. The van der Waals surface area contributed by atoms with Gasteiger partial charge in [0.15, 0.2) is 0 Å². The number of rotatable bonds is 6. The van der Waals surface area contributed by atoms with Gasteiger partial charge in [-0.1, -0.05) is 0 Å². The first-order valence-electron chi connectivity index (χ1n) is 5.23. The molecular formula is C11H14F4N2O. The Kier molecular flexibility index (Phi) is 4.89. The van der Waals surface area contributed by atoms with Gasteiger partial charge in [0.05, 0.1) is 19.3 Å². The number of alkyl halides is 4. The van der Waals surface area contributed by atoms with Crippen LogP contribution in [0.3, 0.4) is 0 Å². The predicted molar refractivity (Wildman–Crippen MR) is 58.2 cm³/mol. The molecule has 0 spiro atoms. The molecule has 18 heavy (non-hydrogen) atoms. The number of ether oxygens (including phenoxy) is 1. The van der Waals surface area contributed by atoms with Crippen LogP contribution < -0.4 is 10.1 Å². The molecule has 3 nitrogen and oxygen atoms in total. The second-order valence-corrected chi connectivity index (χ2v) is 3.80. The van der Waals surface area contributed by atoms with E-state index in [4.69, 9.17) is 4.74 Å². The summed E-state index contributed by atoms with van der Waals surface area (Å²) in [4.78, 5) is 4.07. The minimum atomic E-state index is -4.03. The van der Waals surface area contributed by atoms with E-state index in [9.17, 15) is 17.6 Å². The van der Waals surface area contributed by atoms with Crippen LogP contribution in [0, 0.1) is 6.92 Å². The van der Waals surface area contributed by atoms with Gasteiger partial charge < -0.3 is 10.1 Å². The summed E-state index contributed by atoms with van der Waals surface area (Å²) in [6, 6.07) is 3.23. The number of methoxy groups -OCH3 is 1. The summed E-state index contributed by atoms with van der Waals surface area (Å²) < 4.78 is 54.0. The molecule has 0 aromatic carbocycles. The Labute approximate surface area is 102 Å². The minimum absolute atomic E-state index is 0.0274. The van der Waals surface area contributed by atoms with Crippen LogP contribution in [-0.2, 0) is 6.54 Å². The third-order valence-corrected chi connectivity index (χ3v) is 2.20. The van der Waals surface area contributed by atoms with Gasteiger partial charge in [-0.15, -0.1) is 0 Å².